The molecule has 0 aliphatic rings. The first-order chi connectivity index (χ1) is 9.06. The summed E-state index contributed by atoms with van der Waals surface area (Å²) in [6.45, 7) is 1.58. The van der Waals surface area contributed by atoms with Crippen molar-refractivity contribution in [1.82, 2.24) is 4.98 Å². The second-order valence-corrected chi connectivity index (χ2v) is 4.12. The fraction of sp³-hybridized carbons (Fsp3) is 0.231. The Bertz CT molecular complexity index is 666. The molecule has 0 saturated carbocycles. The fourth-order valence-corrected chi connectivity index (χ4v) is 1.74. The summed E-state index contributed by atoms with van der Waals surface area (Å²) in [7, 11) is 3.05. The minimum atomic E-state index is -0.547. The maximum absolute atomic E-state index is 11.8. The zero-order valence-corrected chi connectivity index (χ0v) is 11.4. The lowest BCUT2D eigenvalue weighted by molar-refractivity contribution is 0.355. The van der Waals surface area contributed by atoms with Crippen molar-refractivity contribution < 1.29 is 13.9 Å². The highest BCUT2D eigenvalue weighted by atomic mass is 35.5. The first kappa shape index (κ1) is 13.4. The van der Waals surface area contributed by atoms with E-state index in [1.807, 2.05) is 0 Å². The van der Waals surface area contributed by atoms with Crippen LogP contribution in [0, 0.1) is 6.92 Å². The van der Waals surface area contributed by atoms with Gasteiger partial charge in [0.1, 0.15) is 5.76 Å². The van der Waals surface area contributed by atoms with Crippen LogP contribution in [0.2, 0.25) is 5.15 Å². The molecule has 6 heteroatoms. The quantitative estimate of drug-likeness (QED) is 0.865. The smallest absolute Gasteiger partial charge is 0.362 e. The minimum Gasteiger partial charge on any atom is -0.493 e. The average molecular weight is 282 g/mol. The number of aryl methyl sites for hydroxylation is 1. The van der Waals surface area contributed by atoms with E-state index in [1.54, 1.807) is 25.1 Å². The number of methoxy groups -OCH3 is 2. The first-order valence-corrected chi connectivity index (χ1v) is 5.84. The van der Waals surface area contributed by atoms with Gasteiger partial charge >= 0.3 is 5.63 Å². The molecule has 1 aromatic heterocycles. The van der Waals surface area contributed by atoms with E-state index in [1.165, 1.54) is 14.2 Å². The van der Waals surface area contributed by atoms with Gasteiger partial charge in [-0.1, -0.05) is 11.6 Å². The Hall–Kier alpha value is -2.01. The molecule has 0 unspecified atom stereocenters. The van der Waals surface area contributed by atoms with Crippen LogP contribution in [0.15, 0.2) is 27.4 Å². The lowest BCUT2D eigenvalue weighted by Crippen LogP contribution is -2.07. The number of benzene rings is 1. The second kappa shape index (κ2) is 5.32. The molecule has 1 heterocycles. The summed E-state index contributed by atoms with van der Waals surface area (Å²) in [4.78, 5) is 15.8. The topological polar surface area (TPSA) is 61.6 Å². The van der Waals surface area contributed by atoms with E-state index in [-0.39, 0.29) is 16.6 Å². The highest BCUT2D eigenvalue weighted by molar-refractivity contribution is 6.30. The Morgan fingerprint density at radius 1 is 1.21 bits per heavy atom. The Morgan fingerprint density at radius 2 is 1.89 bits per heavy atom. The SMILES string of the molecule is COc1ccc(-c2nc(Cl)c(C)oc2=O)cc1OC. The van der Waals surface area contributed by atoms with Gasteiger partial charge in [-0.15, -0.1) is 0 Å². The maximum Gasteiger partial charge on any atom is 0.362 e. The highest BCUT2D eigenvalue weighted by Gasteiger charge is 2.13. The number of ether oxygens (including phenoxy) is 2. The molecular weight excluding hydrogens is 270 g/mol. The van der Waals surface area contributed by atoms with Crippen LogP contribution < -0.4 is 15.1 Å². The molecule has 2 rings (SSSR count). The van der Waals surface area contributed by atoms with Crippen LogP contribution in [0.1, 0.15) is 5.76 Å². The molecule has 0 fully saturated rings. The van der Waals surface area contributed by atoms with Gasteiger partial charge in [-0.25, -0.2) is 9.78 Å². The molecule has 0 bridgehead atoms. The molecule has 2 aromatic rings. The summed E-state index contributed by atoms with van der Waals surface area (Å²) in [5.41, 5.74) is 0.138. The molecule has 1 aromatic carbocycles. The zero-order valence-electron chi connectivity index (χ0n) is 10.7. The molecule has 19 heavy (non-hydrogen) atoms. The molecule has 100 valence electrons. The number of rotatable bonds is 3. The van der Waals surface area contributed by atoms with Crippen LogP contribution in [0.25, 0.3) is 11.3 Å². The van der Waals surface area contributed by atoms with Gasteiger partial charge in [-0.2, -0.15) is 0 Å². The monoisotopic (exact) mass is 281 g/mol. The summed E-state index contributed by atoms with van der Waals surface area (Å²) in [5.74, 6) is 1.35. The van der Waals surface area contributed by atoms with Gasteiger partial charge < -0.3 is 13.9 Å². The Balaban J connectivity index is 2.59. The van der Waals surface area contributed by atoms with E-state index in [0.717, 1.165) is 0 Å². The Morgan fingerprint density at radius 3 is 2.53 bits per heavy atom. The predicted molar refractivity (Wildman–Crippen MR) is 71.1 cm³/mol. The van der Waals surface area contributed by atoms with Crippen molar-refractivity contribution in [2.24, 2.45) is 0 Å². The van der Waals surface area contributed by atoms with Gasteiger partial charge in [0, 0.05) is 5.56 Å². The van der Waals surface area contributed by atoms with Crippen LogP contribution in [0.4, 0.5) is 0 Å². The van der Waals surface area contributed by atoms with E-state index in [0.29, 0.717) is 17.1 Å². The summed E-state index contributed by atoms with van der Waals surface area (Å²) in [6.07, 6.45) is 0. The summed E-state index contributed by atoms with van der Waals surface area (Å²) in [6, 6.07) is 5.01. The molecule has 0 radical (unpaired) electrons. The van der Waals surface area contributed by atoms with Crippen molar-refractivity contribution in [3.63, 3.8) is 0 Å². The molecule has 0 spiro atoms. The van der Waals surface area contributed by atoms with Gasteiger partial charge in [0.05, 0.1) is 14.2 Å². The molecule has 5 nitrogen and oxygen atoms in total. The van der Waals surface area contributed by atoms with Crippen LogP contribution in [0.5, 0.6) is 11.5 Å². The first-order valence-electron chi connectivity index (χ1n) is 5.46. The van der Waals surface area contributed by atoms with E-state index < -0.39 is 5.63 Å². The van der Waals surface area contributed by atoms with E-state index >= 15 is 0 Å². The average Bonchev–Trinajstić information content (AvgIpc) is 2.42. The highest BCUT2D eigenvalue weighted by Crippen LogP contribution is 2.31. The third-order valence-corrected chi connectivity index (χ3v) is 2.95. The van der Waals surface area contributed by atoms with E-state index in [9.17, 15) is 4.79 Å². The van der Waals surface area contributed by atoms with Gasteiger partial charge in [0.25, 0.3) is 0 Å². The molecule has 0 saturated heterocycles. The van der Waals surface area contributed by atoms with Crippen LogP contribution in [-0.2, 0) is 0 Å². The van der Waals surface area contributed by atoms with E-state index in [4.69, 9.17) is 25.5 Å². The number of aromatic nitrogens is 1. The Kier molecular flexibility index (Phi) is 3.76. The standard InChI is InChI=1S/C13H12ClNO4/c1-7-12(14)15-11(13(16)19-7)8-4-5-9(17-2)10(6-8)18-3/h4-6H,1-3H3. The third kappa shape index (κ3) is 2.56. The predicted octanol–water partition coefficient (Wildman–Crippen LogP) is 2.68. The summed E-state index contributed by atoms with van der Waals surface area (Å²) < 4.78 is 15.3. The Labute approximate surface area is 114 Å². The van der Waals surface area contributed by atoms with Crippen LogP contribution >= 0.6 is 11.6 Å². The number of hydrogen-bond donors (Lipinski definition) is 0. The van der Waals surface area contributed by atoms with Gasteiger partial charge in [-0.3, -0.25) is 0 Å². The lowest BCUT2D eigenvalue weighted by Gasteiger charge is -2.09. The van der Waals surface area contributed by atoms with Crippen molar-refractivity contribution in [3.8, 4) is 22.8 Å². The van der Waals surface area contributed by atoms with Gasteiger partial charge in [0.15, 0.2) is 22.3 Å². The molecule has 0 aliphatic carbocycles. The second-order valence-electron chi connectivity index (χ2n) is 3.77. The lowest BCUT2D eigenvalue weighted by atomic mass is 10.1. The number of halogens is 1. The molecule has 0 aliphatic heterocycles. The van der Waals surface area contributed by atoms with Gasteiger partial charge in [0.2, 0.25) is 0 Å². The van der Waals surface area contributed by atoms with Crippen molar-refractivity contribution in [2.45, 2.75) is 6.92 Å². The molecule has 0 atom stereocenters. The molecular formula is C13H12ClNO4. The normalized spacial score (nSPS) is 10.3. The molecule has 0 N–H and O–H groups in total. The van der Waals surface area contributed by atoms with Crippen molar-refractivity contribution >= 4 is 11.6 Å². The zero-order chi connectivity index (χ0) is 14.0. The largest absolute Gasteiger partial charge is 0.493 e. The summed E-state index contributed by atoms with van der Waals surface area (Å²) >= 11 is 5.87. The third-order valence-electron chi connectivity index (χ3n) is 2.60. The minimum absolute atomic E-state index is 0.136. The fourth-order valence-electron chi connectivity index (χ4n) is 1.62. The van der Waals surface area contributed by atoms with Crippen molar-refractivity contribution in [2.75, 3.05) is 14.2 Å². The van der Waals surface area contributed by atoms with E-state index in [2.05, 4.69) is 4.98 Å². The number of nitrogens with zero attached hydrogens (tertiary/aromatic N) is 1. The van der Waals surface area contributed by atoms with Crippen molar-refractivity contribution in [3.05, 3.63) is 39.5 Å². The van der Waals surface area contributed by atoms with Crippen LogP contribution in [-0.4, -0.2) is 19.2 Å². The molecule has 0 amide bonds. The van der Waals surface area contributed by atoms with Gasteiger partial charge in [-0.05, 0) is 25.1 Å². The summed E-state index contributed by atoms with van der Waals surface area (Å²) in [5, 5.41) is 0.157. The maximum atomic E-state index is 11.8. The van der Waals surface area contributed by atoms with Crippen molar-refractivity contribution in [1.29, 1.82) is 0 Å². The number of hydrogen-bond acceptors (Lipinski definition) is 5. The van der Waals surface area contributed by atoms with Crippen LogP contribution in [0.3, 0.4) is 0 Å².